The molecule has 0 radical (unpaired) electrons. The summed E-state index contributed by atoms with van der Waals surface area (Å²) in [6, 6.07) is -1.34. The third-order valence-electron chi connectivity index (χ3n) is 1.96. The summed E-state index contributed by atoms with van der Waals surface area (Å²) < 4.78 is 0. The lowest BCUT2D eigenvalue weighted by Crippen LogP contribution is -2.47. The molecule has 0 aliphatic heterocycles. The number of aliphatic hydroxyl groups is 1. The van der Waals surface area contributed by atoms with Crippen LogP contribution in [0.4, 0.5) is 4.79 Å². The fourth-order valence-electron chi connectivity index (χ4n) is 1.06. The summed E-state index contributed by atoms with van der Waals surface area (Å²) in [7, 11) is 1.50. The molecular formula is C9H18N2O4. The minimum atomic E-state index is -1.04. The second kappa shape index (κ2) is 7.05. The summed E-state index contributed by atoms with van der Waals surface area (Å²) in [6.45, 7) is 1.89. The normalized spacial score (nSPS) is 11.9. The van der Waals surface area contributed by atoms with Crippen molar-refractivity contribution in [2.24, 2.45) is 0 Å². The minimum absolute atomic E-state index is 0.143. The second-order valence-electron chi connectivity index (χ2n) is 3.27. The number of aliphatic hydroxyl groups excluding tert-OH is 1. The zero-order chi connectivity index (χ0) is 11.8. The number of likely N-dealkylation sites (N-methyl/N-ethyl adjacent to an activating group) is 1. The Hall–Kier alpha value is -1.30. The lowest BCUT2D eigenvalue weighted by atomic mass is 10.2. The Labute approximate surface area is 88.9 Å². The van der Waals surface area contributed by atoms with Crippen LogP contribution in [-0.2, 0) is 4.79 Å². The van der Waals surface area contributed by atoms with E-state index in [9.17, 15) is 9.59 Å². The molecule has 0 heterocycles. The predicted octanol–water partition coefficient (Wildman–Crippen LogP) is -0.127. The first-order valence-electron chi connectivity index (χ1n) is 4.88. The van der Waals surface area contributed by atoms with Crippen LogP contribution in [0.1, 0.15) is 19.8 Å². The molecule has 0 unspecified atom stereocenters. The number of amides is 2. The molecule has 6 nitrogen and oxygen atoms in total. The lowest BCUT2D eigenvalue weighted by Gasteiger charge is -2.20. The molecule has 15 heavy (non-hydrogen) atoms. The van der Waals surface area contributed by atoms with E-state index in [-0.39, 0.29) is 13.2 Å². The van der Waals surface area contributed by atoms with Gasteiger partial charge in [-0.15, -0.1) is 0 Å². The van der Waals surface area contributed by atoms with E-state index in [1.807, 2.05) is 6.92 Å². The van der Waals surface area contributed by atoms with Gasteiger partial charge >= 0.3 is 12.0 Å². The van der Waals surface area contributed by atoms with E-state index in [1.54, 1.807) is 0 Å². The number of nitrogens with zero attached hydrogens (tertiary/aromatic N) is 1. The molecule has 0 aliphatic carbocycles. The number of hydrogen-bond acceptors (Lipinski definition) is 3. The molecule has 2 amide bonds. The third kappa shape index (κ3) is 5.21. The van der Waals surface area contributed by atoms with Crippen molar-refractivity contribution < 1.29 is 19.8 Å². The monoisotopic (exact) mass is 218 g/mol. The van der Waals surface area contributed by atoms with Gasteiger partial charge in [0.1, 0.15) is 6.04 Å². The van der Waals surface area contributed by atoms with Gasteiger partial charge < -0.3 is 20.4 Å². The lowest BCUT2D eigenvalue weighted by molar-refractivity contribution is -0.139. The largest absolute Gasteiger partial charge is 0.480 e. The Morgan fingerprint density at radius 2 is 2.07 bits per heavy atom. The Kier molecular flexibility index (Phi) is 6.44. The average molecular weight is 218 g/mol. The van der Waals surface area contributed by atoms with E-state index in [0.717, 1.165) is 0 Å². The van der Waals surface area contributed by atoms with E-state index in [0.29, 0.717) is 12.8 Å². The van der Waals surface area contributed by atoms with Gasteiger partial charge in [0, 0.05) is 13.6 Å². The van der Waals surface area contributed by atoms with Crippen LogP contribution in [0.3, 0.4) is 0 Å². The highest BCUT2D eigenvalue weighted by atomic mass is 16.4. The molecule has 0 fully saturated rings. The van der Waals surface area contributed by atoms with Crippen LogP contribution < -0.4 is 5.32 Å². The van der Waals surface area contributed by atoms with Crippen molar-refractivity contribution in [3.8, 4) is 0 Å². The predicted molar refractivity (Wildman–Crippen MR) is 54.6 cm³/mol. The molecule has 0 spiro atoms. The quantitative estimate of drug-likeness (QED) is 0.579. The molecular weight excluding hydrogens is 200 g/mol. The molecule has 0 aliphatic rings. The van der Waals surface area contributed by atoms with Gasteiger partial charge in [-0.25, -0.2) is 9.59 Å². The Balaban J connectivity index is 4.15. The van der Waals surface area contributed by atoms with Crippen molar-refractivity contribution in [3.63, 3.8) is 0 Å². The molecule has 3 N–H and O–H groups in total. The summed E-state index contributed by atoms with van der Waals surface area (Å²) >= 11 is 0. The zero-order valence-electron chi connectivity index (χ0n) is 9.06. The van der Waals surface area contributed by atoms with Crippen molar-refractivity contribution in [1.82, 2.24) is 10.2 Å². The highest BCUT2D eigenvalue weighted by molar-refractivity contribution is 5.82. The standard InChI is InChI=1S/C9H18N2O4/c1-3-4-7(8(13)14)10-9(15)11(2)5-6-12/h7,12H,3-6H2,1-2H3,(H,10,15)(H,13,14)/t7-/m1/s1. The van der Waals surface area contributed by atoms with Gasteiger partial charge in [-0.2, -0.15) is 0 Å². The van der Waals surface area contributed by atoms with E-state index in [4.69, 9.17) is 10.2 Å². The number of hydrogen-bond donors (Lipinski definition) is 3. The second-order valence-corrected chi connectivity index (χ2v) is 3.27. The average Bonchev–Trinajstić information content (AvgIpc) is 2.17. The summed E-state index contributed by atoms with van der Waals surface area (Å²) in [6.07, 6.45) is 1.08. The molecule has 0 rings (SSSR count). The molecule has 0 aromatic carbocycles. The fraction of sp³-hybridized carbons (Fsp3) is 0.778. The topological polar surface area (TPSA) is 89.9 Å². The van der Waals surface area contributed by atoms with Gasteiger partial charge in [0.05, 0.1) is 6.61 Å². The number of carboxylic acids is 1. The van der Waals surface area contributed by atoms with Crippen LogP contribution in [0.2, 0.25) is 0 Å². The van der Waals surface area contributed by atoms with E-state index in [1.165, 1.54) is 11.9 Å². The Morgan fingerprint density at radius 1 is 1.47 bits per heavy atom. The number of nitrogens with one attached hydrogen (secondary N) is 1. The smallest absolute Gasteiger partial charge is 0.326 e. The van der Waals surface area contributed by atoms with Crippen molar-refractivity contribution in [2.75, 3.05) is 20.2 Å². The molecule has 1 atom stereocenters. The summed E-state index contributed by atoms with van der Waals surface area (Å²) in [5.41, 5.74) is 0. The van der Waals surface area contributed by atoms with E-state index in [2.05, 4.69) is 5.32 Å². The highest BCUT2D eigenvalue weighted by Crippen LogP contribution is 1.98. The van der Waals surface area contributed by atoms with Crippen LogP contribution in [0.25, 0.3) is 0 Å². The number of urea groups is 1. The van der Waals surface area contributed by atoms with E-state index >= 15 is 0 Å². The van der Waals surface area contributed by atoms with Gasteiger partial charge in [-0.3, -0.25) is 0 Å². The van der Waals surface area contributed by atoms with Crippen molar-refractivity contribution in [2.45, 2.75) is 25.8 Å². The van der Waals surface area contributed by atoms with Gasteiger partial charge in [0.25, 0.3) is 0 Å². The number of carboxylic acid groups (broad SMARTS) is 1. The maximum absolute atomic E-state index is 11.4. The zero-order valence-corrected chi connectivity index (χ0v) is 9.06. The molecule has 0 bridgehead atoms. The van der Waals surface area contributed by atoms with Crippen LogP contribution >= 0.6 is 0 Å². The summed E-state index contributed by atoms with van der Waals surface area (Å²) in [4.78, 5) is 23.3. The van der Waals surface area contributed by atoms with Gasteiger partial charge in [-0.1, -0.05) is 13.3 Å². The van der Waals surface area contributed by atoms with Crippen LogP contribution in [0, 0.1) is 0 Å². The molecule has 6 heteroatoms. The SMILES string of the molecule is CCC[C@@H](NC(=O)N(C)CCO)C(=O)O. The van der Waals surface area contributed by atoms with Crippen LogP contribution in [0.5, 0.6) is 0 Å². The first kappa shape index (κ1) is 13.7. The van der Waals surface area contributed by atoms with Crippen LogP contribution in [0.15, 0.2) is 0 Å². The number of carbonyl (C=O) groups is 2. The molecule has 0 saturated carbocycles. The minimum Gasteiger partial charge on any atom is -0.480 e. The maximum atomic E-state index is 11.4. The molecule has 0 aromatic heterocycles. The summed E-state index contributed by atoms with van der Waals surface area (Å²) in [5.74, 6) is -1.04. The van der Waals surface area contributed by atoms with Gasteiger partial charge in [-0.05, 0) is 6.42 Å². The maximum Gasteiger partial charge on any atom is 0.326 e. The Bertz CT molecular complexity index is 220. The third-order valence-corrected chi connectivity index (χ3v) is 1.96. The first-order valence-corrected chi connectivity index (χ1v) is 4.88. The van der Waals surface area contributed by atoms with Gasteiger partial charge in [0.2, 0.25) is 0 Å². The highest BCUT2D eigenvalue weighted by Gasteiger charge is 2.20. The fourth-order valence-corrected chi connectivity index (χ4v) is 1.06. The van der Waals surface area contributed by atoms with E-state index < -0.39 is 18.0 Å². The number of aliphatic carboxylic acids is 1. The number of carbonyl (C=O) groups excluding carboxylic acids is 1. The van der Waals surface area contributed by atoms with Gasteiger partial charge in [0.15, 0.2) is 0 Å². The number of rotatable bonds is 6. The molecule has 88 valence electrons. The molecule has 0 aromatic rings. The van der Waals surface area contributed by atoms with Crippen molar-refractivity contribution in [3.05, 3.63) is 0 Å². The molecule has 0 saturated heterocycles. The summed E-state index contributed by atoms with van der Waals surface area (Å²) in [5, 5.41) is 19.8. The van der Waals surface area contributed by atoms with Crippen molar-refractivity contribution in [1.29, 1.82) is 0 Å². The Morgan fingerprint density at radius 3 is 2.47 bits per heavy atom. The van der Waals surface area contributed by atoms with Crippen molar-refractivity contribution >= 4 is 12.0 Å². The van der Waals surface area contributed by atoms with Crippen LogP contribution in [-0.4, -0.2) is 53.4 Å². The first-order chi connectivity index (χ1) is 7.02.